The maximum atomic E-state index is 13.3. The smallest absolute Gasteiger partial charge is 0.132 e. The largest absolute Gasteiger partial charge is 0.384 e. The van der Waals surface area contributed by atoms with Crippen molar-refractivity contribution in [3.05, 3.63) is 35.8 Å². The lowest BCUT2D eigenvalue weighted by molar-refractivity contribution is 0.639. The lowest BCUT2D eigenvalue weighted by Gasteiger charge is -2.03. The first-order chi connectivity index (χ1) is 8.18. The molecule has 2 aromatic rings. The van der Waals surface area contributed by atoms with Crippen LogP contribution in [-0.4, -0.2) is 4.98 Å². The van der Waals surface area contributed by atoms with Gasteiger partial charge in [-0.25, -0.2) is 9.37 Å². The molecule has 0 fully saturated rings. The first-order valence-corrected chi connectivity index (χ1v) is 6.00. The number of hydrogen-bond donors (Lipinski definition) is 1. The topological polar surface area (TPSA) is 38.9 Å². The van der Waals surface area contributed by atoms with E-state index in [-0.39, 0.29) is 5.82 Å². The van der Waals surface area contributed by atoms with Crippen molar-refractivity contribution < 1.29 is 4.39 Å². The van der Waals surface area contributed by atoms with Crippen LogP contribution in [0.3, 0.4) is 0 Å². The molecule has 1 heterocycles. The number of aryl methyl sites for hydroxylation is 1. The molecule has 0 aliphatic rings. The first-order valence-electron chi connectivity index (χ1n) is 6.00. The molecular formula is C14H21FN2. The minimum Gasteiger partial charge on any atom is -0.384 e. The molecule has 0 saturated carbocycles. The number of benzene rings is 1. The summed E-state index contributed by atoms with van der Waals surface area (Å²) in [6, 6.07) is 6.58. The molecular weight excluding hydrogens is 215 g/mol. The van der Waals surface area contributed by atoms with Gasteiger partial charge in [-0.2, -0.15) is 0 Å². The zero-order valence-corrected chi connectivity index (χ0v) is 11.2. The molecule has 0 amide bonds. The Labute approximate surface area is 103 Å². The second-order valence-electron chi connectivity index (χ2n) is 2.97. The van der Waals surface area contributed by atoms with Crippen LogP contribution in [0.25, 0.3) is 10.8 Å². The summed E-state index contributed by atoms with van der Waals surface area (Å²) >= 11 is 0. The molecule has 2 nitrogen and oxygen atoms in total. The van der Waals surface area contributed by atoms with Crippen LogP contribution in [0.1, 0.15) is 33.4 Å². The number of nitrogens with two attached hydrogens (primary N) is 1. The van der Waals surface area contributed by atoms with Gasteiger partial charge in [0.2, 0.25) is 0 Å². The lowest BCUT2D eigenvalue weighted by atomic mass is 10.1. The summed E-state index contributed by atoms with van der Waals surface area (Å²) in [5.74, 6) is 0.179. The van der Waals surface area contributed by atoms with E-state index in [1.165, 1.54) is 6.07 Å². The Morgan fingerprint density at radius 3 is 2.29 bits per heavy atom. The minimum atomic E-state index is -0.248. The third-order valence-electron chi connectivity index (χ3n) is 2.01. The molecule has 0 unspecified atom stereocenters. The fraction of sp³-hybridized carbons (Fsp3) is 0.357. The minimum absolute atomic E-state index is 0.248. The van der Waals surface area contributed by atoms with Crippen LogP contribution in [-0.2, 0) is 0 Å². The van der Waals surface area contributed by atoms with Crippen LogP contribution in [0.2, 0.25) is 0 Å². The van der Waals surface area contributed by atoms with Crippen LogP contribution in [0, 0.1) is 12.7 Å². The number of nitrogens with zero attached hydrogens (tertiary/aromatic N) is 1. The molecule has 0 aliphatic carbocycles. The van der Waals surface area contributed by atoms with Gasteiger partial charge in [0.1, 0.15) is 11.6 Å². The molecule has 0 spiro atoms. The fourth-order valence-electron chi connectivity index (χ4n) is 1.48. The zero-order valence-electron chi connectivity index (χ0n) is 11.2. The van der Waals surface area contributed by atoms with Crippen molar-refractivity contribution in [3.8, 4) is 0 Å². The van der Waals surface area contributed by atoms with Gasteiger partial charge in [0.15, 0.2) is 0 Å². The highest BCUT2D eigenvalue weighted by atomic mass is 19.1. The van der Waals surface area contributed by atoms with E-state index in [9.17, 15) is 4.39 Å². The Bertz CT molecular complexity index is 467. The predicted molar refractivity (Wildman–Crippen MR) is 73.5 cm³/mol. The van der Waals surface area contributed by atoms with Crippen molar-refractivity contribution in [1.82, 2.24) is 4.98 Å². The average molecular weight is 236 g/mol. The standard InChI is InChI=1S/C10H9FN2.2C2H6/c1-6-10-7(5-9(12)13-6)3-2-4-8(10)11;2*1-2/h2-5H,1H3,(H2,12,13);2*1-2H3. The van der Waals surface area contributed by atoms with E-state index < -0.39 is 0 Å². The number of anilines is 1. The first kappa shape index (κ1) is 15.4. The van der Waals surface area contributed by atoms with Gasteiger partial charge in [-0.05, 0) is 24.4 Å². The van der Waals surface area contributed by atoms with Crippen molar-refractivity contribution in [2.24, 2.45) is 0 Å². The molecule has 0 aliphatic heterocycles. The Hall–Kier alpha value is -1.64. The highest BCUT2D eigenvalue weighted by Crippen LogP contribution is 2.21. The molecule has 17 heavy (non-hydrogen) atoms. The van der Waals surface area contributed by atoms with Crippen LogP contribution in [0.5, 0.6) is 0 Å². The summed E-state index contributed by atoms with van der Waals surface area (Å²) in [6.07, 6.45) is 0. The summed E-state index contributed by atoms with van der Waals surface area (Å²) in [6.45, 7) is 9.75. The molecule has 0 atom stereocenters. The Morgan fingerprint density at radius 1 is 1.12 bits per heavy atom. The quantitative estimate of drug-likeness (QED) is 0.740. The van der Waals surface area contributed by atoms with Crippen molar-refractivity contribution in [3.63, 3.8) is 0 Å². The second-order valence-corrected chi connectivity index (χ2v) is 2.97. The van der Waals surface area contributed by atoms with Gasteiger partial charge in [0, 0.05) is 5.39 Å². The summed E-state index contributed by atoms with van der Waals surface area (Å²) in [5.41, 5.74) is 6.17. The zero-order chi connectivity index (χ0) is 13.4. The third-order valence-corrected chi connectivity index (χ3v) is 2.01. The van der Waals surface area contributed by atoms with Crippen molar-refractivity contribution in [2.75, 3.05) is 5.73 Å². The average Bonchev–Trinajstić information content (AvgIpc) is 2.33. The maximum Gasteiger partial charge on any atom is 0.132 e. The van der Waals surface area contributed by atoms with Crippen LogP contribution >= 0.6 is 0 Å². The number of fused-ring (bicyclic) bond motifs is 1. The fourth-order valence-corrected chi connectivity index (χ4v) is 1.48. The molecule has 3 heteroatoms. The molecule has 0 bridgehead atoms. The van der Waals surface area contributed by atoms with Gasteiger partial charge >= 0.3 is 0 Å². The van der Waals surface area contributed by atoms with Crippen molar-refractivity contribution >= 4 is 16.6 Å². The lowest BCUT2D eigenvalue weighted by Crippen LogP contribution is -1.94. The summed E-state index contributed by atoms with van der Waals surface area (Å²) in [5, 5.41) is 1.35. The predicted octanol–water partition coefficient (Wildman–Crippen LogP) is 4.32. The number of aromatic nitrogens is 1. The van der Waals surface area contributed by atoms with E-state index >= 15 is 0 Å². The van der Waals surface area contributed by atoms with E-state index in [1.807, 2.05) is 33.8 Å². The van der Waals surface area contributed by atoms with E-state index in [0.717, 1.165) is 5.39 Å². The van der Waals surface area contributed by atoms with Crippen molar-refractivity contribution in [2.45, 2.75) is 34.6 Å². The van der Waals surface area contributed by atoms with Crippen LogP contribution in [0.15, 0.2) is 24.3 Å². The Balaban J connectivity index is 0.000000581. The monoisotopic (exact) mass is 236 g/mol. The molecule has 1 aromatic carbocycles. The Kier molecular flexibility index (Phi) is 6.87. The highest BCUT2D eigenvalue weighted by Gasteiger charge is 2.04. The number of hydrogen-bond acceptors (Lipinski definition) is 2. The molecule has 1 aromatic heterocycles. The van der Waals surface area contributed by atoms with Crippen LogP contribution in [0.4, 0.5) is 10.2 Å². The number of nitrogen functional groups attached to an aromatic ring is 1. The summed E-state index contributed by atoms with van der Waals surface area (Å²) in [4.78, 5) is 4.00. The third kappa shape index (κ3) is 3.70. The van der Waals surface area contributed by atoms with E-state index in [0.29, 0.717) is 16.9 Å². The molecule has 94 valence electrons. The van der Waals surface area contributed by atoms with E-state index in [4.69, 9.17) is 5.73 Å². The van der Waals surface area contributed by atoms with Crippen LogP contribution < -0.4 is 5.73 Å². The van der Waals surface area contributed by atoms with Crippen molar-refractivity contribution in [1.29, 1.82) is 0 Å². The van der Waals surface area contributed by atoms with Gasteiger partial charge in [0.25, 0.3) is 0 Å². The SMILES string of the molecule is CC.CC.Cc1nc(N)cc2cccc(F)c12. The highest BCUT2D eigenvalue weighted by molar-refractivity contribution is 5.86. The molecule has 2 rings (SSSR count). The van der Waals surface area contributed by atoms with E-state index in [2.05, 4.69) is 4.98 Å². The number of halogens is 1. The molecule has 0 saturated heterocycles. The number of pyridine rings is 1. The summed E-state index contributed by atoms with van der Waals surface area (Å²) in [7, 11) is 0. The van der Waals surface area contributed by atoms with Gasteiger partial charge in [0.05, 0.1) is 5.69 Å². The normalized spacial score (nSPS) is 8.82. The van der Waals surface area contributed by atoms with Gasteiger partial charge in [-0.3, -0.25) is 0 Å². The number of rotatable bonds is 0. The summed E-state index contributed by atoms with van der Waals surface area (Å²) < 4.78 is 13.3. The molecule has 2 N–H and O–H groups in total. The van der Waals surface area contributed by atoms with Gasteiger partial charge in [-0.1, -0.05) is 39.8 Å². The maximum absolute atomic E-state index is 13.3. The van der Waals surface area contributed by atoms with Gasteiger partial charge < -0.3 is 5.73 Å². The van der Waals surface area contributed by atoms with E-state index in [1.54, 1.807) is 19.1 Å². The van der Waals surface area contributed by atoms with Gasteiger partial charge in [-0.15, -0.1) is 0 Å². The molecule has 0 radical (unpaired) electrons. The second kappa shape index (κ2) is 7.60. The Morgan fingerprint density at radius 2 is 1.71 bits per heavy atom.